The van der Waals surface area contributed by atoms with Gasteiger partial charge in [-0.1, -0.05) is 334 Å². The predicted octanol–water partition coefficient (Wildman–Crippen LogP) is 23.0. The van der Waals surface area contributed by atoms with Gasteiger partial charge in [0, 0.05) is 19.3 Å². The van der Waals surface area contributed by atoms with Crippen LogP contribution in [0.2, 0.25) is 0 Å². The number of hydrogen-bond acceptors (Lipinski definition) is 6. The molecule has 0 bridgehead atoms. The molecular formula is C69H130O6. The van der Waals surface area contributed by atoms with E-state index in [1.165, 1.54) is 276 Å². The van der Waals surface area contributed by atoms with Gasteiger partial charge in [0.2, 0.25) is 0 Å². The number of rotatable bonds is 63. The lowest BCUT2D eigenvalue weighted by Gasteiger charge is -2.18. The molecule has 0 amide bonds. The van der Waals surface area contributed by atoms with Gasteiger partial charge in [0.1, 0.15) is 13.2 Å². The molecule has 0 saturated heterocycles. The van der Waals surface area contributed by atoms with Gasteiger partial charge in [-0.15, -0.1) is 0 Å². The molecule has 0 spiro atoms. The standard InChI is InChI=1S/C69H130O6/c1-4-7-10-13-16-19-22-25-27-29-31-32-33-34-35-36-37-38-39-41-42-44-47-50-53-56-59-62-68(71)74-65-66(64-73-67(70)61-58-55-52-49-46-24-21-18-15-12-9-6-3)75-69(72)63-60-57-54-51-48-45-43-40-30-28-26-23-20-17-14-11-8-5-2/h22,25,29,31,66H,4-21,23-24,26-28,30,32-65H2,1-3H3/b25-22-,31-29-. The van der Waals surface area contributed by atoms with Crippen LogP contribution in [0.5, 0.6) is 0 Å². The number of unbranched alkanes of at least 4 members (excludes halogenated alkanes) is 48. The molecule has 6 nitrogen and oxygen atoms in total. The van der Waals surface area contributed by atoms with E-state index in [-0.39, 0.29) is 31.1 Å². The van der Waals surface area contributed by atoms with E-state index in [2.05, 4.69) is 45.1 Å². The monoisotopic (exact) mass is 1050 g/mol. The highest BCUT2D eigenvalue weighted by molar-refractivity contribution is 5.71. The molecule has 0 N–H and O–H groups in total. The maximum absolute atomic E-state index is 12.9. The Kier molecular flexibility index (Phi) is 62.6. The maximum Gasteiger partial charge on any atom is 0.306 e. The summed E-state index contributed by atoms with van der Waals surface area (Å²) in [4.78, 5) is 38.3. The largest absolute Gasteiger partial charge is 0.462 e. The topological polar surface area (TPSA) is 78.9 Å². The molecule has 0 aromatic rings. The third-order valence-electron chi connectivity index (χ3n) is 15.5. The molecule has 0 aliphatic heterocycles. The number of ether oxygens (including phenoxy) is 3. The first-order valence-electron chi connectivity index (χ1n) is 33.8. The smallest absolute Gasteiger partial charge is 0.306 e. The van der Waals surface area contributed by atoms with E-state index in [1.807, 2.05) is 0 Å². The Labute approximate surface area is 468 Å². The van der Waals surface area contributed by atoms with Gasteiger partial charge in [0.15, 0.2) is 6.10 Å². The van der Waals surface area contributed by atoms with E-state index in [1.54, 1.807) is 0 Å². The molecule has 0 fully saturated rings. The van der Waals surface area contributed by atoms with Crippen LogP contribution in [0, 0.1) is 0 Å². The third kappa shape index (κ3) is 62.6. The molecule has 1 unspecified atom stereocenters. The normalized spacial score (nSPS) is 12.1. The van der Waals surface area contributed by atoms with Crippen molar-refractivity contribution in [2.45, 2.75) is 386 Å². The van der Waals surface area contributed by atoms with Crippen LogP contribution in [0.25, 0.3) is 0 Å². The Morgan fingerprint density at radius 2 is 0.480 bits per heavy atom. The van der Waals surface area contributed by atoms with Crippen molar-refractivity contribution < 1.29 is 28.6 Å². The van der Waals surface area contributed by atoms with Crippen LogP contribution in [0.3, 0.4) is 0 Å². The fourth-order valence-electron chi connectivity index (χ4n) is 10.4. The highest BCUT2D eigenvalue weighted by Crippen LogP contribution is 2.18. The van der Waals surface area contributed by atoms with Gasteiger partial charge in [0.25, 0.3) is 0 Å². The molecule has 0 rings (SSSR count). The second-order valence-electron chi connectivity index (χ2n) is 23.1. The second-order valence-corrected chi connectivity index (χ2v) is 23.1. The summed E-state index contributed by atoms with van der Waals surface area (Å²) in [5.74, 6) is -0.834. The zero-order chi connectivity index (χ0) is 54.3. The Hall–Kier alpha value is -2.11. The minimum atomic E-state index is -0.766. The van der Waals surface area contributed by atoms with Crippen LogP contribution in [0.1, 0.15) is 380 Å². The van der Waals surface area contributed by atoms with Crippen molar-refractivity contribution in [2.75, 3.05) is 13.2 Å². The summed E-state index contributed by atoms with van der Waals surface area (Å²) in [5.41, 5.74) is 0. The van der Waals surface area contributed by atoms with Crippen LogP contribution in [0.4, 0.5) is 0 Å². The molecule has 6 heteroatoms. The predicted molar refractivity (Wildman–Crippen MR) is 326 cm³/mol. The summed E-state index contributed by atoms with van der Waals surface area (Å²) in [7, 11) is 0. The summed E-state index contributed by atoms with van der Waals surface area (Å²) >= 11 is 0. The molecule has 1 atom stereocenters. The van der Waals surface area contributed by atoms with Crippen LogP contribution >= 0.6 is 0 Å². The van der Waals surface area contributed by atoms with Gasteiger partial charge in [-0.2, -0.15) is 0 Å². The molecule has 0 aliphatic carbocycles. The molecule has 0 saturated carbocycles. The van der Waals surface area contributed by atoms with E-state index in [9.17, 15) is 14.4 Å². The second kappa shape index (κ2) is 64.4. The third-order valence-corrected chi connectivity index (χ3v) is 15.5. The lowest BCUT2D eigenvalue weighted by molar-refractivity contribution is -0.167. The quantitative estimate of drug-likeness (QED) is 0.0261. The first kappa shape index (κ1) is 72.9. The summed E-state index contributed by atoms with van der Waals surface area (Å²) < 4.78 is 17.0. The Morgan fingerprint density at radius 3 is 0.733 bits per heavy atom. The van der Waals surface area contributed by atoms with Crippen LogP contribution in [-0.4, -0.2) is 37.2 Å². The van der Waals surface area contributed by atoms with Gasteiger partial charge in [0.05, 0.1) is 0 Å². The summed E-state index contributed by atoms with van der Waals surface area (Å²) in [5, 5.41) is 0. The lowest BCUT2D eigenvalue weighted by atomic mass is 10.0. The first-order valence-corrected chi connectivity index (χ1v) is 33.8. The highest BCUT2D eigenvalue weighted by Gasteiger charge is 2.19. The van der Waals surface area contributed by atoms with Crippen molar-refractivity contribution >= 4 is 17.9 Å². The fraction of sp³-hybridized carbons (Fsp3) is 0.899. The van der Waals surface area contributed by atoms with Crippen molar-refractivity contribution in [2.24, 2.45) is 0 Å². The zero-order valence-electron chi connectivity index (χ0n) is 50.8. The van der Waals surface area contributed by atoms with E-state index in [0.29, 0.717) is 19.3 Å². The SMILES string of the molecule is CCCCCCC/C=C\C/C=C\CCCCCCCCCCCCCCCCCC(=O)OCC(COC(=O)CCCCCCCCCCCCCC)OC(=O)CCCCCCCCCCCCCCCCCCCC. The molecule has 0 aromatic carbocycles. The van der Waals surface area contributed by atoms with Gasteiger partial charge in [-0.25, -0.2) is 0 Å². The van der Waals surface area contributed by atoms with Gasteiger partial charge in [-0.05, 0) is 51.4 Å². The first-order chi connectivity index (χ1) is 37.0. The highest BCUT2D eigenvalue weighted by atomic mass is 16.6. The molecule has 0 heterocycles. The van der Waals surface area contributed by atoms with Gasteiger partial charge >= 0.3 is 17.9 Å². The van der Waals surface area contributed by atoms with E-state index >= 15 is 0 Å². The minimum Gasteiger partial charge on any atom is -0.462 e. The lowest BCUT2D eigenvalue weighted by Crippen LogP contribution is -2.30. The van der Waals surface area contributed by atoms with Crippen molar-refractivity contribution in [3.63, 3.8) is 0 Å². The minimum absolute atomic E-state index is 0.0640. The fourth-order valence-corrected chi connectivity index (χ4v) is 10.4. The average molecular weight is 1060 g/mol. The molecular weight excluding hydrogens is 925 g/mol. The number of carbonyl (C=O) groups is 3. The number of hydrogen-bond donors (Lipinski definition) is 0. The number of allylic oxidation sites excluding steroid dienone is 4. The van der Waals surface area contributed by atoms with Crippen LogP contribution in [-0.2, 0) is 28.6 Å². The average Bonchev–Trinajstić information content (AvgIpc) is 3.41. The van der Waals surface area contributed by atoms with Gasteiger partial charge in [-0.3, -0.25) is 14.4 Å². The molecule has 0 aliphatic rings. The van der Waals surface area contributed by atoms with Gasteiger partial charge < -0.3 is 14.2 Å². The maximum atomic E-state index is 12.9. The van der Waals surface area contributed by atoms with Crippen molar-refractivity contribution in [1.29, 1.82) is 0 Å². The summed E-state index contributed by atoms with van der Waals surface area (Å²) in [6.45, 7) is 6.70. The van der Waals surface area contributed by atoms with Crippen molar-refractivity contribution in [3.05, 3.63) is 24.3 Å². The van der Waals surface area contributed by atoms with E-state index < -0.39 is 6.10 Å². The Bertz CT molecular complexity index is 1210. The molecule has 75 heavy (non-hydrogen) atoms. The molecule has 0 radical (unpaired) electrons. The Balaban J connectivity index is 4.18. The summed E-state index contributed by atoms with van der Waals surface area (Å²) in [6, 6.07) is 0. The molecule has 442 valence electrons. The van der Waals surface area contributed by atoms with Crippen LogP contribution < -0.4 is 0 Å². The molecule has 0 aromatic heterocycles. The number of carbonyl (C=O) groups excluding carboxylic acids is 3. The van der Waals surface area contributed by atoms with E-state index in [4.69, 9.17) is 14.2 Å². The Morgan fingerprint density at radius 1 is 0.267 bits per heavy atom. The van der Waals surface area contributed by atoms with Crippen LogP contribution in [0.15, 0.2) is 24.3 Å². The summed E-state index contributed by atoms with van der Waals surface area (Å²) in [6.07, 6.45) is 77.7. The van der Waals surface area contributed by atoms with E-state index in [0.717, 1.165) is 64.2 Å². The zero-order valence-corrected chi connectivity index (χ0v) is 50.8. The van der Waals surface area contributed by atoms with Crippen molar-refractivity contribution in [3.8, 4) is 0 Å². The number of esters is 3. The van der Waals surface area contributed by atoms with Crippen molar-refractivity contribution in [1.82, 2.24) is 0 Å².